The van der Waals surface area contributed by atoms with Crippen LogP contribution >= 0.6 is 31.9 Å². The Kier molecular flexibility index (Phi) is 3.91. The summed E-state index contributed by atoms with van der Waals surface area (Å²) < 4.78 is 28.8. The third-order valence-corrected chi connectivity index (χ3v) is 7.02. The fourth-order valence-electron chi connectivity index (χ4n) is 2.35. The second-order valence-electron chi connectivity index (χ2n) is 4.95. The van der Waals surface area contributed by atoms with Gasteiger partial charge in [0.15, 0.2) is 0 Å². The van der Waals surface area contributed by atoms with Gasteiger partial charge in [-0.15, -0.1) is 0 Å². The van der Waals surface area contributed by atoms with Crippen LogP contribution in [-0.2, 0) is 10.0 Å². The Hall–Kier alpha value is -1.18. The Bertz CT molecular complexity index is 994. The number of hydrogen-bond donors (Lipinski definition) is 0. The fourth-order valence-corrected chi connectivity index (χ4v) is 5.59. The van der Waals surface area contributed by atoms with Crippen LogP contribution < -0.4 is 0 Å². The first-order valence-electron chi connectivity index (χ1n) is 6.47. The van der Waals surface area contributed by atoms with Crippen LogP contribution in [0.3, 0.4) is 0 Å². The van der Waals surface area contributed by atoms with E-state index in [0.717, 1.165) is 10.0 Å². The van der Waals surface area contributed by atoms with Crippen LogP contribution in [-0.4, -0.2) is 17.4 Å². The second kappa shape index (κ2) is 5.47. The van der Waals surface area contributed by atoms with Crippen molar-refractivity contribution < 1.29 is 8.42 Å². The van der Waals surface area contributed by atoms with Gasteiger partial charge in [0.05, 0.1) is 11.0 Å². The lowest BCUT2D eigenvalue weighted by atomic mass is 10.2. The van der Waals surface area contributed by atoms with E-state index in [0.29, 0.717) is 21.3 Å². The lowest BCUT2D eigenvalue weighted by Gasteiger charge is -2.12. The number of rotatable bonds is 2. The van der Waals surface area contributed by atoms with Crippen molar-refractivity contribution in [1.29, 1.82) is 0 Å². The molecular formula is C15H12Br2N2O2S. The van der Waals surface area contributed by atoms with Gasteiger partial charge in [-0.25, -0.2) is 17.4 Å². The molecule has 0 aliphatic rings. The number of para-hydroxylation sites is 2. The predicted molar refractivity (Wildman–Crippen MR) is 93.6 cm³/mol. The van der Waals surface area contributed by atoms with Gasteiger partial charge >= 0.3 is 0 Å². The van der Waals surface area contributed by atoms with Crippen molar-refractivity contribution in [3.8, 4) is 0 Å². The first-order valence-corrected chi connectivity index (χ1v) is 9.50. The summed E-state index contributed by atoms with van der Waals surface area (Å²) in [6.45, 7) is 3.55. The molecule has 3 rings (SSSR count). The van der Waals surface area contributed by atoms with Crippen molar-refractivity contribution in [1.82, 2.24) is 8.96 Å². The maximum Gasteiger partial charge on any atom is 0.270 e. The van der Waals surface area contributed by atoms with Gasteiger partial charge in [-0.3, -0.25) is 0 Å². The maximum atomic E-state index is 13.1. The van der Waals surface area contributed by atoms with E-state index in [1.807, 2.05) is 13.0 Å². The highest BCUT2D eigenvalue weighted by Gasteiger charge is 2.25. The van der Waals surface area contributed by atoms with Crippen LogP contribution in [0, 0.1) is 13.8 Å². The Morgan fingerprint density at radius 1 is 1.05 bits per heavy atom. The molecule has 1 heterocycles. The lowest BCUT2D eigenvalue weighted by Crippen LogP contribution is -2.15. The third kappa shape index (κ3) is 2.41. The monoisotopic (exact) mass is 442 g/mol. The smallest absolute Gasteiger partial charge is 0.232 e. The molecule has 7 heteroatoms. The van der Waals surface area contributed by atoms with E-state index in [2.05, 4.69) is 36.8 Å². The molecule has 0 spiro atoms. The number of imidazole rings is 1. The van der Waals surface area contributed by atoms with E-state index in [9.17, 15) is 8.42 Å². The predicted octanol–water partition coefficient (Wildman–Crippen LogP) is 4.42. The molecule has 2 aromatic carbocycles. The fraction of sp³-hybridized carbons (Fsp3) is 0.133. The van der Waals surface area contributed by atoms with Gasteiger partial charge < -0.3 is 0 Å². The van der Waals surface area contributed by atoms with Gasteiger partial charge in [0.1, 0.15) is 10.7 Å². The van der Waals surface area contributed by atoms with Gasteiger partial charge in [0, 0.05) is 8.95 Å². The number of hydrogen-bond acceptors (Lipinski definition) is 3. The normalized spacial score (nSPS) is 12.0. The average molecular weight is 444 g/mol. The van der Waals surface area contributed by atoms with Crippen molar-refractivity contribution in [2.75, 3.05) is 0 Å². The molecule has 0 saturated carbocycles. The quantitative estimate of drug-likeness (QED) is 0.589. The van der Waals surface area contributed by atoms with Crippen LogP contribution in [0.25, 0.3) is 11.0 Å². The van der Waals surface area contributed by atoms with Gasteiger partial charge in [0.25, 0.3) is 10.0 Å². The number of aryl methyl sites for hydroxylation is 2. The summed E-state index contributed by atoms with van der Waals surface area (Å²) in [5.74, 6) is 0.439. The number of nitrogens with zero attached hydrogens (tertiary/aromatic N) is 2. The maximum absolute atomic E-state index is 13.1. The van der Waals surface area contributed by atoms with E-state index in [1.54, 1.807) is 37.3 Å². The summed E-state index contributed by atoms with van der Waals surface area (Å²) in [5, 5.41) is 0. The number of benzene rings is 2. The summed E-state index contributed by atoms with van der Waals surface area (Å²) in [4.78, 5) is 4.56. The topological polar surface area (TPSA) is 52.0 Å². The SMILES string of the molecule is Cc1cc(S(=O)(=O)n2c(C)nc3ccccc32)c(Br)cc1Br. The first kappa shape index (κ1) is 15.7. The summed E-state index contributed by atoms with van der Waals surface area (Å²) in [5.41, 5.74) is 2.09. The van der Waals surface area contributed by atoms with E-state index in [4.69, 9.17) is 0 Å². The minimum atomic E-state index is -3.74. The summed E-state index contributed by atoms with van der Waals surface area (Å²) in [6, 6.07) is 10.6. The number of fused-ring (bicyclic) bond motifs is 1. The minimum absolute atomic E-state index is 0.222. The Balaban J connectivity index is 2.34. The summed E-state index contributed by atoms with van der Waals surface area (Å²) in [7, 11) is -3.74. The van der Waals surface area contributed by atoms with Crippen molar-refractivity contribution in [3.63, 3.8) is 0 Å². The molecule has 0 N–H and O–H groups in total. The van der Waals surface area contributed by atoms with Crippen LogP contribution in [0.15, 0.2) is 50.2 Å². The highest BCUT2D eigenvalue weighted by molar-refractivity contribution is 9.11. The van der Waals surface area contributed by atoms with Crippen molar-refractivity contribution in [3.05, 3.63) is 56.7 Å². The van der Waals surface area contributed by atoms with Crippen molar-refractivity contribution in [2.45, 2.75) is 18.7 Å². The van der Waals surface area contributed by atoms with Gasteiger partial charge in [-0.05, 0) is 59.6 Å². The Labute approximate surface area is 145 Å². The Morgan fingerprint density at radius 2 is 1.73 bits per heavy atom. The van der Waals surface area contributed by atoms with Crippen LogP contribution in [0.1, 0.15) is 11.4 Å². The lowest BCUT2D eigenvalue weighted by molar-refractivity contribution is 0.587. The van der Waals surface area contributed by atoms with Crippen LogP contribution in [0.5, 0.6) is 0 Å². The Morgan fingerprint density at radius 3 is 2.45 bits per heavy atom. The second-order valence-corrected chi connectivity index (χ2v) is 8.41. The zero-order valence-electron chi connectivity index (χ0n) is 11.8. The molecule has 114 valence electrons. The summed E-state index contributed by atoms with van der Waals surface area (Å²) in [6.07, 6.45) is 0. The zero-order chi connectivity index (χ0) is 16.1. The van der Waals surface area contributed by atoms with E-state index < -0.39 is 10.0 Å². The van der Waals surface area contributed by atoms with Crippen LogP contribution in [0.2, 0.25) is 0 Å². The molecule has 0 amide bonds. The van der Waals surface area contributed by atoms with Gasteiger partial charge in [-0.2, -0.15) is 0 Å². The van der Waals surface area contributed by atoms with E-state index in [1.165, 1.54) is 3.97 Å². The highest BCUT2D eigenvalue weighted by atomic mass is 79.9. The van der Waals surface area contributed by atoms with Gasteiger partial charge in [-0.1, -0.05) is 28.1 Å². The third-order valence-electron chi connectivity index (χ3n) is 3.41. The molecule has 1 aromatic heterocycles. The molecule has 0 aliphatic carbocycles. The molecule has 0 bridgehead atoms. The van der Waals surface area contributed by atoms with E-state index >= 15 is 0 Å². The largest absolute Gasteiger partial charge is 0.270 e. The van der Waals surface area contributed by atoms with Crippen molar-refractivity contribution >= 4 is 52.9 Å². The molecule has 0 unspecified atom stereocenters. The molecule has 3 aromatic rings. The molecule has 0 fully saturated rings. The average Bonchev–Trinajstić information content (AvgIpc) is 2.79. The molecule has 0 aliphatic heterocycles. The number of aromatic nitrogens is 2. The standard InChI is InChI=1S/C15H12Br2N2O2S/c1-9-7-15(12(17)8-11(9)16)22(20,21)19-10(2)18-13-5-3-4-6-14(13)19/h3-8H,1-2H3. The summed E-state index contributed by atoms with van der Waals surface area (Å²) >= 11 is 6.75. The zero-order valence-corrected chi connectivity index (χ0v) is 15.8. The molecule has 0 saturated heterocycles. The van der Waals surface area contributed by atoms with E-state index in [-0.39, 0.29) is 4.90 Å². The van der Waals surface area contributed by atoms with Gasteiger partial charge in [0.2, 0.25) is 0 Å². The number of halogens is 2. The first-order chi connectivity index (χ1) is 10.3. The molecule has 0 atom stereocenters. The molecule has 22 heavy (non-hydrogen) atoms. The van der Waals surface area contributed by atoms with Crippen LogP contribution in [0.4, 0.5) is 0 Å². The van der Waals surface area contributed by atoms with Crippen molar-refractivity contribution in [2.24, 2.45) is 0 Å². The highest BCUT2D eigenvalue weighted by Crippen LogP contribution is 2.32. The molecule has 0 radical (unpaired) electrons. The minimum Gasteiger partial charge on any atom is -0.232 e. The molecule has 4 nitrogen and oxygen atoms in total. The molecular weight excluding hydrogens is 432 g/mol.